The number of rotatable bonds is 1. The maximum Gasteiger partial charge on any atom is 0.149 e. The molecule has 0 atom stereocenters. The molecule has 3 heteroatoms. The SMILES string of the molecule is Cc1ccn(-c2[c]c(O)c3ccccc3n2)c1. The van der Waals surface area contributed by atoms with Crippen molar-refractivity contribution in [3.05, 3.63) is 54.4 Å². The fourth-order valence-electron chi connectivity index (χ4n) is 1.84. The van der Waals surface area contributed by atoms with Crippen LogP contribution >= 0.6 is 0 Å². The fourth-order valence-corrected chi connectivity index (χ4v) is 1.84. The van der Waals surface area contributed by atoms with Crippen molar-refractivity contribution in [1.29, 1.82) is 0 Å². The van der Waals surface area contributed by atoms with Crippen molar-refractivity contribution in [2.75, 3.05) is 0 Å². The lowest BCUT2D eigenvalue weighted by atomic mass is 10.2. The van der Waals surface area contributed by atoms with Gasteiger partial charge in [-0.1, -0.05) is 12.1 Å². The molecule has 0 aliphatic rings. The van der Waals surface area contributed by atoms with Crippen LogP contribution in [0, 0.1) is 13.0 Å². The van der Waals surface area contributed by atoms with Gasteiger partial charge in [0.15, 0.2) is 0 Å². The van der Waals surface area contributed by atoms with Crippen molar-refractivity contribution in [2.45, 2.75) is 6.92 Å². The Labute approximate surface area is 99.0 Å². The molecule has 1 aromatic carbocycles. The van der Waals surface area contributed by atoms with E-state index in [-0.39, 0.29) is 5.75 Å². The molecular formula is C14H11N2O. The number of aromatic hydroxyl groups is 1. The van der Waals surface area contributed by atoms with E-state index in [1.807, 2.05) is 54.2 Å². The monoisotopic (exact) mass is 223 g/mol. The lowest BCUT2D eigenvalue weighted by Crippen LogP contribution is -1.95. The first-order chi connectivity index (χ1) is 8.24. The summed E-state index contributed by atoms with van der Waals surface area (Å²) in [6.45, 7) is 2.01. The number of aromatic nitrogens is 2. The highest BCUT2D eigenvalue weighted by molar-refractivity contribution is 5.85. The molecule has 0 amide bonds. The summed E-state index contributed by atoms with van der Waals surface area (Å²) in [5, 5.41) is 10.6. The molecule has 3 nitrogen and oxygen atoms in total. The van der Waals surface area contributed by atoms with E-state index in [2.05, 4.69) is 11.1 Å². The molecule has 2 heterocycles. The molecule has 0 saturated carbocycles. The van der Waals surface area contributed by atoms with Crippen LogP contribution in [0.4, 0.5) is 0 Å². The zero-order valence-corrected chi connectivity index (χ0v) is 9.38. The van der Waals surface area contributed by atoms with Gasteiger partial charge in [-0.15, -0.1) is 0 Å². The van der Waals surface area contributed by atoms with Gasteiger partial charge in [0.2, 0.25) is 0 Å². The summed E-state index contributed by atoms with van der Waals surface area (Å²) in [7, 11) is 0. The van der Waals surface area contributed by atoms with E-state index in [1.165, 1.54) is 0 Å². The number of aryl methyl sites for hydroxylation is 1. The third-order valence-electron chi connectivity index (χ3n) is 2.70. The molecule has 0 aliphatic carbocycles. The highest BCUT2D eigenvalue weighted by Crippen LogP contribution is 2.24. The molecule has 1 radical (unpaired) electrons. The topological polar surface area (TPSA) is 38.0 Å². The van der Waals surface area contributed by atoms with E-state index in [1.54, 1.807) is 0 Å². The molecule has 3 rings (SSSR count). The third-order valence-corrected chi connectivity index (χ3v) is 2.70. The second-order valence-corrected chi connectivity index (χ2v) is 4.02. The number of benzene rings is 1. The molecule has 17 heavy (non-hydrogen) atoms. The van der Waals surface area contributed by atoms with E-state index in [0.29, 0.717) is 5.82 Å². The summed E-state index contributed by atoms with van der Waals surface area (Å²) >= 11 is 0. The molecule has 0 spiro atoms. The fraction of sp³-hybridized carbons (Fsp3) is 0.0714. The van der Waals surface area contributed by atoms with Gasteiger partial charge >= 0.3 is 0 Å². The molecular weight excluding hydrogens is 212 g/mol. The number of para-hydroxylation sites is 1. The average molecular weight is 223 g/mol. The van der Waals surface area contributed by atoms with Gasteiger partial charge in [0, 0.05) is 17.8 Å². The Kier molecular flexibility index (Phi) is 2.11. The first-order valence-electron chi connectivity index (χ1n) is 5.40. The average Bonchev–Trinajstić information content (AvgIpc) is 2.76. The standard InChI is InChI=1S/C14H11N2O/c1-10-6-7-16(9-10)14-8-13(17)11-4-2-3-5-12(11)15-14/h2-7,9H,1H3,(H,15,17). The highest BCUT2D eigenvalue weighted by Gasteiger charge is 2.06. The van der Waals surface area contributed by atoms with Crippen LogP contribution in [-0.4, -0.2) is 14.7 Å². The maximum absolute atomic E-state index is 9.91. The smallest absolute Gasteiger partial charge is 0.149 e. The van der Waals surface area contributed by atoms with Gasteiger partial charge in [0.25, 0.3) is 0 Å². The van der Waals surface area contributed by atoms with Crippen molar-refractivity contribution >= 4 is 10.9 Å². The Hall–Kier alpha value is -2.29. The highest BCUT2D eigenvalue weighted by atomic mass is 16.3. The van der Waals surface area contributed by atoms with Crippen LogP contribution in [0.2, 0.25) is 0 Å². The Morgan fingerprint density at radius 2 is 2.06 bits per heavy atom. The van der Waals surface area contributed by atoms with E-state index in [4.69, 9.17) is 0 Å². The summed E-state index contributed by atoms with van der Waals surface area (Å²) in [6, 6.07) is 12.4. The van der Waals surface area contributed by atoms with Crippen molar-refractivity contribution in [1.82, 2.24) is 9.55 Å². The molecule has 0 unspecified atom stereocenters. The molecule has 83 valence electrons. The second-order valence-electron chi connectivity index (χ2n) is 4.02. The normalized spacial score (nSPS) is 10.9. The van der Waals surface area contributed by atoms with Gasteiger partial charge in [-0.05, 0) is 30.7 Å². The largest absolute Gasteiger partial charge is 0.506 e. The zero-order valence-electron chi connectivity index (χ0n) is 9.38. The summed E-state index contributed by atoms with van der Waals surface area (Å²) in [5.41, 5.74) is 1.91. The Balaban J connectivity index is 2.25. The van der Waals surface area contributed by atoms with Crippen LogP contribution in [0.25, 0.3) is 16.7 Å². The van der Waals surface area contributed by atoms with E-state index in [0.717, 1.165) is 16.5 Å². The summed E-state index contributed by atoms with van der Waals surface area (Å²) in [6.07, 6.45) is 3.86. The molecule has 0 fully saturated rings. The molecule has 2 aromatic heterocycles. The number of pyridine rings is 1. The lowest BCUT2D eigenvalue weighted by molar-refractivity contribution is 0.479. The number of nitrogens with zero attached hydrogens (tertiary/aromatic N) is 2. The maximum atomic E-state index is 9.91. The summed E-state index contributed by atoms with van der Waals surface area (Å²) in [5.74, 6) is 0.742. The van der Waals surface area contributed by atoms with Crippen LogP contribution < -0.4 is 0 Å². The molecule has 1 N–H and O–H groups in total. The predicted molar refractivity (Wildman–Crippen MR) is 66.3 cm³/mol. The summed E-state index contributed by atoms with van der Waals surface area (Å²) < 4.78 is 1.85. The number of hydrogen-bond donors (Lipinski definition) is 1. The van der Waals surface area contributed by atoms with Crippen molar-refractivity contribution < 1.29 is 5.11 Å². The lowest BCUT2D eigenvalue weighted by Gasteiger charge is -2.05. The Morgan fingerprint density at radius 1 is 1.24 bits per heavy atom. The van der Waals surface area contributed by atoms with Crippen molar-refractivity contribution in [3.8, 4) is 11.6 Å². The quantitative estimate of drug-likeness (QED) is 0.688. The predicted octanol–water partition coefficient (Wildman–Crippen LogP) is 2.84. The van der Waals surface area contributed by atoms with Gasteiger partial charge < -0.3 is 9.67 Å². The summed E-state index contributed by atoms with van der Waals surface area (Å²) in [4.78, 5) is 4.47. The minimum Gasteiger partial charge on any atom is -0.506 e. The molecule has 0 bridgehead atoms. The molecule has 0 saturated heterocycles. The van der Waals surface area contributed by atoms with Crippen LogP contribution in [0.3, 0.4) is 0 Å². The van der Waals surface area contributed by atoms with Crippen LogP contribution in [-0.2, 0) is 0 Å². The van der Waals surface area contributed by atoms with Gasteiger partial charge in [-0.25, -0.2) is 4.98 Å². The van der Waals surface area contributed by atoms with E-state index in [9.17, 15) is 5.11 Å². The Morgan fingerprint density at radius 3 is 2.82 bits per heavy atom. The zero-order chi connectivity index (χ0) is 11.8. The van der Waals surface area contributed by atoms with Gasteiger partial charge in [-0.2, -0.15) is 0 Å². The second kappa shape index (κ2) is 3.63. The Bertz CT molecular complexity index is 686. The number of hydrogen-bond acceptors (Lipinski definition) is 2. The molecule has 3 aromatic rings. The van der Waals surface area contributed by atoms with Crippen LogP contribution in [0.1, 0.15) is 5.56 Å². The van der Waals surface area contributed by atoms with Crippen molar-refractivity contribution in [3.63, 3.8) is 0 Å². The minimum absolute atomic E-state index is 0.136. The molecule has 0 aliphatic heterocycles. The van der Waals surface area contributed by atoms with E-state index >= 15 is 0 Å². The third kappa shape index (κ3) is 1.65. The van der Waals surface area contributed by atoms with Gasteiger partial charge in [0.05, 0.1) is 11.6 Å². The van der Waals surface area contributed by atoms with Gasteiger partial charge in [0.1, 0.15) is 11.6 Å². The van der Waals surface area contributed by atoms with Gasteiger partial charge in [-0.3, -0.25) is 0 Å². The number of fused-ring (bicyclic) bond motifs is 1. The first kappa shape index (κ1) is 9.90. The minimum atomic E-state index is 0.136. The first-order valence-corrected chi connectivity index (χ1v) is 5.40. The van der Waals surface area contributed by atoms with Crippen LogP contribution in [0.5, 0.6) is 5.75 Å². The van der Waals surface area contributed by atoms with Crippen LogP contribution in [0.15, 0.2) is 42.7 Å². The van der Waals surface area contributed by atoms with E-state index < -0.39 is 0 Å². The van der Waals surface area contributed by atoms with Crippen molar-refractivity contribution in [2.24, 2.45) is 0 Å².